The SMILES string of the molecule is CCOC(=O)/C=C(\C)N1N=C(c2ccc(OC)cc2)CC1c1cc(Br)ccc1O. The number of halogens is 1. The summed E-state index contributed by atoms with van der Waals surface area (Å²) in [6, 6.07) is 12.7. The van der Waals surface area contributed by atoms with E-state index in [2.05, 4.69) is 15.9 Å². The maximum atomic E-state index is 12.0. The van der Waals surface area contributed by atoms with E-state index in [0.717, 1.165) is 27.1 Å². The largest absolute Gasteiger partial charge is 0.508 e. The number of carbonyl (C=O) groups excluding carboxylic acids is 1. The van der Waals surface area contributed by atoms with E-state index in [0.29, 0.717) is 18.7 Å². The lowest BCUT2D eigenvalue weighted by Crippen LogP contribution is -2.19. The van der Waals surface area contributed by atoms with Gasteiger partial charge in [0, 0.05) is 28.2 Å². The van der Waals surface area contributed by atoms with Crippen LogP contribution in [0, 0.1) is 0 Å². The van der Waals surface area contributed by atoms with Crippen molar-refractivity contribution >= 4 is 27.6 Å². The maximum absolute atomic E-state index is 12.0. The van der Waals surface area contributed by atoms with Crippen LogP contribution in [0.3, 0.4) is 0 Å². The topological polar surface area (TPSA) is 71.4 Å². The summed E-state index contributed by atoms with van der Waals surface area (Å²) in [5, 5.41) is 17.0. The molecule has 0 aliphatic carbocycles. The van der Waals surface area contributed by atoms with E-state index in [1.807, 2.05) is 30.3 Å². The number of phenolic OH excluding ortho intramolecular Hbond substituents is 1. The van der Waals surface area contributed by atoms with Gasteiger partial charge < -0.3 is 14.6 Å². The van der Waals surface area contributed by atoms with Gasteiger partial charge >= 0.3 is 5.97 Å². The summed E-state index contributed by atoms with van der Waals surface area (Å²) in [7, 11) is 1.62. The molecule has 0 saturated carbocycles. The minimum absolute atomic E-state index is 0.179. The molecule has 3 rings (SSSR count). The summed E-state index contributed by atoms with van der Waals surface area (Å²) in [5.41, 5.74) is 3.17. The molecule has 6 nitrogen and oxygen atoms in total. The van der Waals surface area contributed by atoms with Gasteiger partial charge in [0.05, 0.1) is 25.5 Å². The molecule has 1 heterocycles. The number of hydrogen-bond donors (Lipinski definition) is 1. The van der Waals surface area contributed by atoms with Crippen molar-refractivity contribution in [1.82, 2.24) is 5.01 Å². The number of ether oxygens (including phenoxy) is 2. The molecule has 1 aliphatic heterocycles. The number of benzene rings is 2. The van der Waals surface area contributed by atoms with Gasteiger partial charge in [-0.15, -0.1) is 0 Å². The van der Waals surface area contributed by atoms with E-state index >= 15 is 0 Å². The molecule has 152 valence electrons. The average Bonchev–Trinajstić information content (AvgIpc) is 3.15. The molecule has 0 fully saturated rings. The van der Waals surface area contributed by atoms with E-state index in [-0.39, 0.29) is 11.8 Å². The molecule has 29 heavy (non-hydrogen) atoms. The molecule has 2 aromatic rings. The Morgan fingerprint density at radius 2 is 2.03 bits per heavy atom. The van der Waals surface area contributed by atoms with Crippen molar-refractivity contribution in [3.05, 3.63) is 69.8 Å². The number of carbonyl (C=O) groups is 1. The fourth-order valence-corrected chi connectivity index (χ4v) is 3.63. The van der Waals surface area contributed by atoms with Gasteiger partial charge in [-0.1, -0.05) is 15.9 Å². The Morgan fingerprint density at radius 1 is 1.31 bits per heavy atom. The Kier molecular flexibility index (Phi) is 6.59. The van der Waals surface area contributed by atoms with Crippen molar-refractivity contribution in [3.8, 4) is 11.5 Å². The number of rotatable bonds is 6. The van der Waals surface area contributed by atoms with E-state index in [9.17, 15) is 9.90 Å². The molecule has 0 spiro atoms. The van der Waals surface area contributed by atoms with Gasteiger partial charge in [-0.05, 0) is 61.9 Å². The number of hydrazone groups is 1. The summed E-state index contributed by atoms with van der Waals surface area (Å²) < 4.78 is 11.1. The molecule has 1 aliphatic rings. The Balaban J connectivity index is 2.00. The molecule has 0 amide bonds. The zero-order valence-electron chi connectivity index (χ0n) is 16.6. The lowest BCUT2D eigenvalue weighted by Gasteiger charge is -2.25. The van der Waals surface area contributed by atoms with Gasteiger partial charge in [-0.25, -0.2) is 4.79 Å². The third-order valence-electron chi connectivity index (χ3n) is 4.66. The van der Waals surface area contributed by atoms with Crippen LogP contribution in [-0.2, 0) is 9.53 Å². The molecule has 0 saturated heterocycles. The summed E-state index contributed by atoms with van der Waals surface area (Å²) in [5.74, 6) is 0.525. The maximum Gasteiger partial charge on any atom is 0.332 e. The summed E-state index contributed by atoms with van der Waals surface area (Å²) in [6.45, 7) is 3.87. The molecule has 2 aromatic carbocycles. The number of hydrogen-bond acceptors (Lipinski definition) is 6. The van der Waals surface area contributed by atoms with Gasteiger partial charge in [-0.2, -0.15) is 5.10 Å². The number of phenols is 1. The van der Waals surface area contributed by atoms with Crippen molar-refractivity contribution < 1.29 is 19.4 Å². The Bertz CT molecular complexity index is 954. The molecular weight excluding hydrogens is 436 g/mol. The van der Waals surface area contributed by atoms with E-state index in [1.54, 1.807) is 38.1 Å². The first-order valence-corrected chi connectivity index (χ1v) is 10.1. The summed E-state index contributed by atoms with van der Waals surface area (Å²) in [4.78, 5) is 12.0. The third kappa shape index (κ3) is 4.79. The highest BCUT2D eigenvalue weighted by Gasteiger charge is 2.32. The monoisotopic (exact) mass is 458 g/mol. The number of esters is 1. The quantitative estimate of drug-likeness (QED) is 0.497. The second-order valence-electron chi connectivity index (χ2n) is 6.58. The van der Waals surface area contributed by atoms with Crippen LogP contribution in [0.5, 0.6) is 11.5 Å². The Labute approximate surface area is 178 Å². The lowest BCUT2D eigenvalue weighted by molar-refractivity contribution is -0.137. The highest BCUT2D eigenvalue weighted by Crippen LogP contribution is 2.40. The molecule has 0 radical (unpaired) electrons. The highest BCUT2D eigenvalue weighted by atomic mass is 79.9. The van der Waals surface area contributed by atoms with Gasteiger partial charge in [0.15, 0.2) is 0 Å². The minimum Gasteiger partial charge on any atom is -0.508 e. The smallest absolute Gasteiger partial charge is 0.332 e. The van der Waals surface area contributed by atoms with Crippen LogP contribution in [0.25, 0.3) is 0 Å². The van der Waals surface area contributed by atoms with Gasteiger partial charge in [0.1, 0.15) is 11.5 Å². The van der Waals surface area contributed by atoms with Gasteiger partial charge in [-0.3, -0.25) is 5.01 Å². The number of allylic oxidation sites excluding steroid dienone is 1. The average molecular weight is 459 g/mol. The molecule has 1 N–H and O–H groups in total. The van der Waals surface area contributed by atoms with Crippen LogP contribution < -0.4 is 4.74 Å². The van der Waals surface area contributed by atoms with Crippen LogP contribution in [0.4, 0.5) is 0 Å². The predicted octanol–water partition coefficient (Wildman–Crippen LogP) is 4.78. The minimum atomic E-state index is -0.421. The van der Waals surface area contributed by atoms with Crippen molar-refractivity contribution in [2.24, 2.45) is 5.10 Å². The normalized spacial score (nSPS) is 16.6. The predicted molar refractivity (Wildman–Crippen MR) is 115 cm³/mol. The first-order chi connectivity index (χ1) is 13.9. The molecule has 7 heteroatoms. The van der Waals surface area contributed by atoms with Crippen molar-refractivity contribution in [1.29, 1.82) is 0 Å². The number of nitrogens with zero attached hydrogens (tertiary/aromatic N) is 2. The zero-order valence-corrected chi connectivity index (χ0v) is 18.1. The van der Waals surface area contributed by atoms with Crippen LogP contribution in [-0.4, -0.2) is 35.5 Å². The van der Waals surface area contributed by atoms with Crippen LogP contribution in [0.2, 0.25) is 0 Å². The molecule has 1 unspecified atom stereocenters. The Morgan fingerprint density at radius 3 is 2.69 bits per heavy atom. The standard InChI is InChI=1S/C22H23BrN2O4/c1-4-29-22(27)11-14(2)25-20(18-12-16(23)7-10-21(18)26)13-19(24-25)15-5-8-17(28-3)9-6-15/h5-12,20,26H,4,13H2,1-3H3/b14-11+. The molecule has 0 aromatic heterocycles. The Hall–Kier alpha value is -2.80. The van der Waals surface area contributed by atoms with E-state index in [1.165, 1.54) is 6.08 Å². The van der Waals surface area contributed by atoms with Crippen molar-refractivity contribution in [2.45, 2.75) is 26.3 Å². The number of aromatic hydroxyl groups is 1. The molecular formula is C22H23BrN2O4. The van der Waals surface area contributed by atoms with E-state index in [4.69, 9.17) is 14.6 Å². The van der Waals surface area contributed by atoms with Gasteiger partial charge in [0.25, 0.3) is 0 Å². The second kappa shape index (κ2) is 9.13. The van der Waals surface area contributed by atoms with Crippen LogP contribution in [0.15, 0.2) is 63.8 Å². The van der Waals surface area contributed by atoms with Crippen molar-refractivity contribution in [3.63, 3.8) is 0 Å². The zero-order chi connectivity index (χ0) is 21.0. The second-order valence-corrected chi connectivity index (χ2v) is 7.50. The third-order valence-corrected chi connectivity index (χ3v) is 5.15. The first-order valence-electron chi connectivity index (χ1n) is 9.27. The summed E-state index contributed by atoms with van der Waals surface area (Å²) >= 11 is 3.47. The number of methoxy groups -OCH3 is 1. The van der Waals surface area contributed by atoms with Gasteiger partial charge in [0.2, 0.25) is 0 Å². The van der Waals surface area contributed by atoms with E-state index < -0.39 is 5.97 Å². The van der Waals surface area contributed by atoms with Crippen LogP contribution in [0.1, 0.15) is 37.4 Å². The lowest BCUT2D eigenvalue weighted by atomic mass is 9.97. The molecule has 0 bridgehead atoms. The van der Waals surface area contributed by atoms with Crippen molar-refractivity contribution in [2.75, 3.05) is 13.7 Å². The fourth-order valence-electron chi connectivity index (χ4n) is 3.25. The van der Waals surface area contributed by atoms with Crippen LogP contribution >= 0.6 is 15.9 Å². The molecule has 1 atom stereocenters. The fraction of sp³-hybridized carbons (Fsp3) is 0.273. The highest BCUT2D eigenvalue weighted by molar-refractivity contribution is 9.10. The summed E-state index contributed by atoms with van der Waals surface area (Å²) in [6.07, 6.45) is 2.00. The first kappa shape index (κ1) is 20.9.